The van der Waals surface area contributed by atoms with E-state index < -0.39 is 4.92 Å². The first-order valence-electron chi connectivity index (χ1n) is 8.71. The monoisotopic (exact) mass is 429 g/mol. The highest BCUT2D eigenvalue weighted by molar-refractivity contribution is 7.99. The van der Waals surface area contributed by atoms with Gasteiger partial charge in [-0.25, -0.2) is 10.4 Å². The van der Waals surface area contributed by atoms with Crippen LogP contribution in [0.3, 0.4) is 0 Å². The predicted molar refractivity (Wildman–Crippen MR) is 113 cm³/mol. The number of carbonyl (C=O) groups is 1. The number of carbonyl (C=O) groups excluding carboxylic acids is 1. The van der Waals surface area contributed by atoms with Gasteiger partial charge in [0.25, 0.3) is 5.91 Å². The van der Waals surface area contributed by atoms with Crippen molar-refractivity contribution in [1.29, 1.82) is 0 Å². The van der Waals surface area contributed by atoms with E-state index in [9.17, 15) is 14.9 Å². The second kappa shape index (κ2) is 9.27. The van der Waals surface area contributed by atoms with Crippen molar-refractivity contribution >= 4 is 40.6 Å². The lowest BCUT2D eigenvalue weighted by molar-refractivity contribution is -0.385. The number of benzene rings is 2. The number of aryl methyl sites for hydroxylation is 1. The molecule has 1 heterocycles. The quantitative estimate of drug-likeness (QED) is 0.253. The first-order valence-corrected chi connectivity index (χ1v) is 9.69. The lowest BCUT2D eigenvalue weighted by Crippen LogP contribution is -2.20. The molecule has 1 aromatic heterocycles. The Bertz CT molecular complexity index is 1130. The van der Waals surface area contributed by atoms with Gasteiger partial charge in [-0.3, -0.25) is 14.9 Å². The molecule has 0 spiro atoms. The van der Waals surface area contributed by atoms with Crippen molar-refractivity contribution < 1.29 is 19.2 Å². The number of aromatic nitrogens is 2. The molecule has 0 unspecified atom stereocenters. The highest BCUT2D eigenvalue weighted by atomic mass is 32.2. The summed E-state index contributed by atoms with van der Waals surface area (Å²) in [6.45, 7) is 0. The number of ether oxygens (including phenoxy) is 2. The summed E-state index contributed by atoms with van der Waals surface area (Å²) >= 11 is 1.28. The Balaban J connectivity index is 1.66. The minimum Gasteiger partial charge on any atom is -0.496 e. The van der Waals surface area contributed by atoms with Crippen LogP contribution in [-0.4, -0.2) is 46.6 Å². The molecule has 0 aliphatic heterocycles. The number of nitro benzene ring substituents is 1. The summed E-state index contributed by atoms with van der Waals surface area (Å²) in [5, 5.41) is 15.8. The van der Waals surface area contributed by atoms with Gasteiger partial charge in [0.2, 0.25) is 5.75 Å². The lowest BCUT2D eigenvalue weighted by Gasteiger charge is -2.08. The average Bonchev–Trinajstić information content (AvgIpc) is 3.07. The zero-order valence-electron chi connectivity index (χ0n) is 16.5. The summed E-state index contributed by atoms with van der Waals surface area (Å²) in [5.41, 5.74) is 4.33. The van der Waals surface area contributed by atoms with Crippen molar-refractivity contribution in [2.45, 2.75) is 5.16 Å². The van der Waals surface area contributed by atoms with Crippen molar-refractivity contribution in [1.82, 2.24) is 15.0 Å². The van der Waals surface area contributed by atoms with E-state index in [1.807, 2.05) is 35.9 Å². The van der Waals surface area contributed by atoms with Gasteiger partial charge in [0, 0.05) is 24.7 Å². The third-order valence-electron chi connectivity index (χ3n) is 4.20. The van der Waals surface area contributed by atoms with Crippen LogP contribution in [0.5, 0.6) is 11.5 Å². The maximum atomic E-state index is 12.1. The highest BCUT2D eigenvalue weighted by Crippen LogP contribution is 2.33. The van der Waals surface area contributed by atoms with E-state index in [1.165, 1.54) is 44.3 Å². The fourth-order valence-electron chi connectivity index (χ4n) is 2.74. The smallest absolute Gasteiger partial charge is 0.311 e. The Morgan fingerprint density at radius 3 is 2.70 bits per heavy atom. The van der Waals surface area contributed by atoms with Crippen LogP contribution in [0.2, 0.25) is 0 Å². The number of hydrazone groups is 1. The van der Waals surface area contributed by atoms with Crippen LogP contribution >= 0.6 is 11.8 Å². The second-order valence-electron chi connectivity index (χ2n) is 6.05. The number of amides is 1. The predicted octanol–water partition coefficient (Wildman–Crippen LogP) is 2.74. The van der Waals surface area contributed by atoms with Crippen molar-refractivity contribution in [3.63, 3.8) is 0 Å². The molecule has 10 nitrogen and oxygen atoms in total. The van der Waals surface area contributed by atoms with Crippen LogP contribution in [0.15, 0.2) is 46.7 Å². The number of nitro groups is 1. The van der Waals surface area contributed by atoms with Gasteiger partial charge in [-0.1, -0.05) is 23.9 Å². The summed E-state index contributed by atoms with van der Waals surface area (Å²) < 4.78 is 12.1. The summed E-state index contributed by atoms with van der Waals surface area (Å²) in [4.78, 5) is 27.2. The molecule has 0 aliphatic rings. The minimum absolute atomic E-state index is 0.0666. The number of hydrogen-bond acceptors (Lipinski definition) is 8. The zero-order chi connectivity index (χ0) is 21.7. The Morgan fingerprint density at radius 2 is 2.03 bits per heavy atom. The largest absolute Gasteiger partial charge is 0.496 e. The Kier molecular flexibility index (Phi) is 6.52. The van der Waals surface area contributed by atoms with Gasteiger partial charge in [-0.15, -0.1) is 0 Å². The molecule has 0 saturated heterocycles. The number of imidazole rings is 1. The molecule has 2 aromatic carbocycles. The second-order valence-corrected chi connectivity index (χ2v) is 6.99. The average molecular weight is 429 g/mol. The third kappa shape index (κ3) is 4.51. The van der Waals surface area contributed by atoms with Gasteiger partial charge < -0.3 is 14.0 Å². The molecule has 0 bridgehead atoms. The van der Waals surface area contributed by atoms with Crippen molar-refractivity contribution in [2.75, 3.05) is 20.0 Å². The van der Waals surface area contributed by atoms with Gasteiger partial charge in [-0.2, -0.15) is 5.10 Å². The first kappa shape index (κ1) is 21.1. The number of nitrogens with zero attached hydrogens (tertiary/aromatic N) is 4. The van der Waals surface area contributed by atoms with Gasteiger partial charge in [-0.05, 0) is 12.1 Å². The molecule has 0 fully saturated rings. The van der Waals surface area contributed by atoms with Gasteiger partial charge >= 0.3 is 5.69 Å². The molecule has 11 heteroatoms. The molecule has 3 rings (SSSR count). The summed E-state index contributed by atoms with van der Waals surface area (Å²) in [5.74, 6) is 0.153. The van der Waals surface area contributed by atoms with Crippen LogP contribution < -0.4 is 14.9 Å². The number of hydrogen-bond donors (Lipinski definition) is 1. The normalized spacial score (nSPS) is 11.0. The molecule has 156 valence electrons. The van der Waals surface area contributed by atoms with E-state index in [-0.39, 0.29) is 23.1 Å². The number of nitrogens with one attached hydrogen (secondary N) is 1. The number of thioether (sulfide) groups is 1. The van der Waals surface area contributed by atoms with E-state index in [2.05, 4.69) is 15.5 Å². The summed E-state index contributed by atoms with van der Waals surface area (Å²) in [7, 11) is 4.64. The zero-order valence-corrected chi connectivity index (χ0v) is 17.3. The maximum absolute atomic E-state index is 12.1. The topological polar surface area (TPSA) is 121 Å². The van der Waals surface area contributed by atoms with Crippen LogP contribution in [0.1, 0.15) is 5.56 Å². The van der Waals surface area contributed by atoms with Crippen LogP contribution in [-0.2, 0) is 11.8 Å². The van der Waals surface area contributed by atoms with Gasteiger partial charge in [0.05, 0.1) is 42.1 Å². The number of para-hydroxylation sites is 2. The Morgan fingerprint density at radius 1 is 1.30 bits per heavy atom. The third-order valence-corrected chi connectivity index (χ3v) is 5.23. The molecule has 0 atom stereocenters. The van der Waals surface area contributed by atoms with Crippen molar-refractivity contribution in [2.24, 2.45) is 12.1 Å². The number of rotatable bonds is 8. The van der Waals surface area contributed by atoms with E-state index in [0.717, 1.165) is 11.0 Å². The van der Waals surface area contributed by atoms with Crippen LogP contribution in [0.4, 0.5) is 5.69 Å². The molecular weight excluding hydrogens is 410 g/mol. The molecule has 30 heavy (non-hydrogen) atoms. The minimum atomic E-state index is -0.568. The molecular formula is C19H19N5O5S. The maximum Gasteiger partial charge on any atom is 0.311 e. The molecule has 0 saturated carbocycles. The van der Waals surface area contributed by atoms with E-state index in [4.69, 9.17) is 9.47 Å². The van der Waals surface area contributed by atoms with E-state index in [1.54, 1.807) is 0 Å². The van der Waals surface area contributed by atoms with Gasteiger partial charge in [0.1, 0.15) is 5.75 Å². The Hall–Kier alpha value is -3.60. The highest BCUT2D eigenvalue weighted by Gasteiger charge is 2.19. The number of methoxy groups -OCH3 is 2. The van der Waals surface area contributed by atoms with E-state index >= 15 is 0 Å². The summed E-state index contributed by atoms with van der Waals surface area (Å²) in [6.07, 6.45) is 1.28. The van der Waals surface area contributed by atoms with E-state index in [0.29, 0.717) is 16.5 Å². The lowest BCUT2D eigenvalue weighted by atomic mass is 10.1. The number of fused-ring (bicyclic) bond motifs is 1. The molecule has 0 aliphatic carbocycles. The van der Waals surface area contributed by atoms with Gasteiger partial charge in [0.15, 0.2) is 5.16 Å². The molecule has 1 amide bonds. The SMILES string of the molecule is COc1cc(OC)c([N+](=O)[O-])cc1/C=N\NC(=O)CSc1nc2ccccc2n1C. The molecule has 1 N–H and O–H groups in total. The van der Waals surface area contributed by atoms with Crippen molar-refractivity contribution in [3.8, 4) is 11.5 Å². The first-order chi connectivity index (χ1) is 14.4. The standard InChI is InChI=1S/C19H19N5O5S/c1-23-14-7-5-4-6-13(14)21-19(23)30-11-18(25)22-20-10-12-8-15(24(26)27)17(29-3)9-16(12)28-2/h4-10H,11H2,1-3H3,(H,22,25)/b20-10-. The fraction of sp³-hybridized carbons (Fsp3) is 0.211. The Labute approximate surface area is 176 Å². The molecule has 0 radical (unpaired) electrons. The molecule has 3 aromatic rings. The van der Waals surface area contributed by atoms with Crippen LogP contribution in [0, 0.1) is 10.1 Å². The van der Waals surface area contributed by atoms with Crippen molar-refractivity contribution in [3.05, 3.63) is 52.1 Å². The van der Waals surface area contributed by atoms with Crippen LogP contribution in [0.25, 0.3) is 11.0 Å². The summed E-state index contributed by atoms with van der Waals surface area (Å²) in [6, 6.07) is 10.4. The fourth-order valence-corrected chi connectivity index (χ4v) is 3.52.